The summed E-state index contributed by atoms with van der Waals surface area (Å²) in [6.07, 6.45) is 0. The molecule has 4 nitrogen and oxygen atoms in total. The van der Waals surface area contributed by atoms with Crippen molar-refractivity contribution in [1.29, 1.82) is 0 Å². The molecule has 0 aliphatic heterocycles. The van der Waals surface area contributed by atoms with Crippen LogP contribution < -0.4 is 10.6 Å². The van der Waals surface area contributed by atoms with Gasteiger partial charge in [-0.25, -0.2) is 4.79 Å². The lowest BCUT2D eigenvalue weighted by Gasteiger charge is -2.09. The number of hydrogen-bond acceptors (Lipinski definition) is 2. The highest BCUT2D eigenvalue weighted by Crippen LogP contribution is 2.13. The Balaban J connectivity index is 1.99. The van der Waals surface area contributed by atoms with Crippen LogP contribution in [0, 0.1) is 6.92 Å². The third-order valence-corrected chi connectivity index (χ3v) is 2.77. The summed E-state index contributed by atoms with van der Waals surface area (Å²) in [7, 11) is 1.64. The first-order valence-electron chi connectivity index (χ1n) is 6.40. The zero-order valence-corrected chi connectivity index (χ0v) is 11.6. The highest BCUT2D eigenvalue weighted by Gasteiger charge is 2.03. The number of anilines is 2. The molecule has 2 N–H and O–H groups in total. The van der Waals surface area contributed by atoms with Gasteiger partial charge in [0.2, 0.25) is 0 Å². The van der Waals surface area contributed by atoms with E-state index in [1.807, 2.05) is 55.5 Å². The molecule has 0 unspecified atom stereocenters. The molecule has 0 atom stereocenters. The molecule has 0 bridgehead atoms. The van der Waals surface area contributed by atoms with E-state index in [2.05, 4.69) is 10.6 Å². The van der Waals surface area contributed by atoms with Crippen LogP contribution in [0.25, 0.3) is 0 Å². The third-order valence-electron chi connectivity index (χ3n) is 2.77. The lowest BCUT2D eigenvalue weighted by atomic mass is 10.2. The van der Waals surface area contributed by atoms with Gasteiger partial charge in [0.05, 0.1) is 6.61 Å². The molecule has 2 aromatic carbocycles. The van der Waals surface area contributed by atoms with Crippen molar-refractivity contribution in [1.82, 2.24) is 0 Å². The van der Waals surface area contributed by atoms with E-state index in [-0.39, 0.29) is 6.03 Å². The average molecular weight is 270 g/mol. The molecule has 0 spiro atoms. The Labute approximate surface area is 118 Å². The highest BCUT2D eigenvalue weighted by atomic mass is 16.5. The maximum atomic E-state index is 11.9. The van der Waals surface area contributed by atoms with Gasteiger partial charge >= 0.3 is 6.03 Å². The Hall–Kier alpha value is -2.33. The van der Waals surface area contributed by atoms with Gasteiger partial charge in [-0.15, -0.1) is 0 Å². The minimum atomic E-state index is -0.259. The Morgan fingerprint density at radius 1 is 1.05 bits per heavy atom. The van der Waals surface area contributed by atoms with Crippen LogP contribution in [-0.2, 0) is 11.3 Å². The van der Waals surface area contributed by atoms with Crippen LogP contribution in [0.2, 0.25) is 0 Å². The van der Waals surface area contributed by atoms with Crippen LogP contribution in [0.5, 0.6) is 0 Å². The molecule has 0 fully saturated rings. The minimum absolute atomic E-state index is 0.259. The van der Waals surface area contributed by atoms with Crippen LogP contribution in [0.4, 0.5) is 16.2 Å². The predicted octanol–water partition coefficient (Wildman–Crippen LogP) is 3.79. The van der Waals surface area contributed by atoms with Crippen LogP contribution in [0.1, 0.15) is 11.1 Å². The van der Waals surface area contributed by atoms with Gasteiger partial charge in [-0.05, 0) is 42.3 Å². The molecule has 0 heterocycles. The number of nitrogens with one attached hydrogen (secondary N) is 2. The summed E-state index contributed by atoms with van der Waals surface area (Å²) in [5, 5.41) is 5.60. The summed E-state index contributed by atoms with van der Waals surface area (Å²) in [4.78, 5) is 11.9. The monoisotopic (exact) mass is 270 g/mol. The van der Waals surface area contributed by atoms with Crippen LogP contribution in [0.3, 0.4) is 0 Å². The zero-order chi connectivity index (χ0) is 14.4. The smallest absolute Gasteiger partial charge is 0.323 e. The molecule has 0 saturated heterocycles. The molecule has 2 aromatic rings. The first-order chi connectivity index (χ1) is 9.67. The van der Waals surface area contributed by atoms with E-state index in [1.165, 1.54) is 0 Å². The first-order valence-corrected chi connectivity index (χ1v) is 6.40. The summed E-state index contributed by atoms with van der Waals surface area (Å²) < 4.78 is 5.07. The normalized spacial score (nSPS) is 10.1. The summed E-state index contributed by atoms with van der Waals surface area (Å²) in [5.74, 6) is 0. The number of benzene rings is 2. The van der Waals surface area contributed by atoms with Crippen molar-refractivity contribution in [3.05, 3.63) is 59.7 Å². The number of ether oxygens (including phenoxy) is 1. The van der Waals surface area contributed by atoms with E-state index in [0.717, 1.165) is 22.5 Å². The number of hydrogen-bond donors (Lipinski definition) is 2. The molecule has 2 amide bonds. The van der Waals surface area contributed by atoms with Crippen LogP contribution >= 0.6 is 0 Å². The molecule has 0 saturated carbocycles. The van der Waals surface area contributed by atoms with Crippen molar-refractivity contribution >= 4 is 17.4 Å². The van der Waals surface area contributed by atoms with E-state index >= 15 is 0 Å². The Morgan fingerprint density at radius 2 is 1.70 bits per heavy atom. The molecule has 0 aliphatic carbocycles. The maximum absolute atomic E-state index is 11.9. The van der Waals surface area contributed by atoms with Crippen molar-refractivity contribution in [3.8, 4) is 0 Å². The first kappa shape index (κ1) is 14.1. The van der Waals surface area contributed by atoms with Gasteiger partial charge in [-0.3, -0.25) is 0 Å². The van der Waals surface area contributed by atoms with Gasteiger partial charge in [0.1, 0.15) is 0 Å². The quantitative estimate of drug-likeness (QED) is 0.888. The molecule has 20 heavy (non-hydrogen) atoms. The second kappa shape index (κ2) is 6.73. The SMILES string of the molecule is COCc1cccc(NC(=O)Nc2cccc(C)c2)c1. The van der Waals surface area contributed by atoms with Gasteiger partial charge < -0.3 is 15.4 Å². The van der Waals surface area contributed by atoms with Crippen LogP contribution in [0.15, 0.2) is 48.5 Å². The number of urea groups is 1. The van der Waals surface area contributed by atoms with Crippen LogP contribution in [-0.4, -0.2) is 13.1 Å². The third kappa shape index (κ3) is 4.10. The fourth-order valence-electron chi connectivity index (χ4n) is 1.92. The Kier molecular flexibility index (Phi) is 4.74. The summed E-state index contributed by atoms with van der Waals surface area (Å²) in [5.41, 5.74) is 3.63. The van der Waals surface area contributed by atoms with E-state index in [4.69, 9.17) is 4.74 Å². The Morgan fingerprint density at radius 3 is 2.35 bits per heavy atom. The summed E-state index contributed by atoms with van der Waals surface area (Å²) in [6, 6.07) is 15.0. The number of carbonyl (C=O) groups excluding carboxylic acids is 1. The van der Waals surface area contributed by atoms with Crippen molar-refractivity contribution in [3.63, 3.8) is 0 Å². The fraction of sp³-hybridized carbons (Fsp3) is 0.188. The largest absolute Gasteiger partial charge is 0.380 e. The topological polar surface area (TPSA) is 50.4 Å². The molecule has 0 aliphatic rings. The van der Waals surface area contributed by atoms with Gasteiger partial charge in [-0.2, -0.15) is 0 Å². The summed E-state index contributed by atoms with van der Waals surface area (Å²) >= 11 is 0. The highest BCUT2D eigenvalue weighted by molar-refractivity contribution is 5.99. The molecule has 104 valence electrons. The number of methoxy groups -OCH3 is 1. The Bertz CT molecular complexity index is 597. The fourth-order valence-corrected chi connectivity index (χ4v) is 1.92. The molecule has 0 radical (unpaired) electrons. The van der Waals surface area contributed by atoms with E-state index in [1.54, 1.807) is 7.11 Å². The lowest BCUT2D eigenvalue weighted by molar-refractivity contribution is 0.185. The molecule has 0 aromatic heterocycles. The van der Waals surface area contributed by atoms with E-state index in [9.17, 15) is 4.79 Å². The number of aryl methyl sites for hydroxylation is 1. The van der Waals surface area contributed by atoms with Crippen molar-refractivity contribution in [2.24, 2.45) is 0 Å². The maximum Gasteiger partial charge on any atom is 0.323 e. The zero-order valence-electron chi connectivity index (χ0n) is 11.6. The number of rotatable bonds is 4. The average Bonchev–Trinajstić information content (AvgIpc) is 2.39. The molecular weight excluding hydrogens is 252 g/mol. The molecular formula is C16H18N2O2. The van der Waals surface area contributed by atoms with Gasteiger partial charge in [-0.1, -0.05) is 24.3 Å². The van der Waals surface area contributed by atoms with E-state index < -0.39 is 0 Å². The predicted molar refractivity (Wildman–Crippen MR) is 81.0 cm³/mol. The van der Waals surface area contributed by atoms with Gasteiger partial charge in [0.15, 0.2) is 0 Å². The van der Waals surface area contributed by atoms with Crippen molar-refractivity contribution < 1.29 is 9.53 Å². The lowest BCUT2D eigenvalue weighted by Crippen LogP contribution is -2.19. The molecule has 4 heteroatoms. The van der Waals surface area contributed by atoms with E-state index in [0.29, 0.717) is 6.61 Å². The molecule has 2 rings (SSSR count). The van der Waals surface area contributed by atoms with Crippen molar-refractivity contribution in [2.75, 3.05) is 17.7 Å². The second-order valence-corrected chi connectivity index (χ2v) is 4.58. The van der Waals surface area contributed by atoms with Crippen molar-refractivity contribution in [2.45, 2.75) is 13.5 Å². The van der Waals surface area contributed by atoms with Gasteiger partial charge in [0.25, 0.3) is 0 Å². The summed E-state index contributed by atoms with van der Waals surface area (Å²) in [6.45, 7) is 2.51. The standard InChI is InChI=1S/C16H18N2O2/c1-12-5-3-7-14(9-12)17-16(19)18-15-8-4-6-13(10-15)11-20-2/h3-10H,11H2,1-2H3,(H2,17,18,19). The minimum Gasteiger partial charge on any atom is -0.380 e. The van der Waals surface area contributed by atoms with Gasteiger partial charge in [0, 0.05) is 18.5 Å². The number of amides is 2. The number of carbonyl (C=O) groups is 1. The second-order valence-electron chi connectivity index (χ2n) is 4.58.